The summed E-state index contributed by atoms with van der Waals surface area (Å²) in [6.07, 6.45) is -4.82. The summed E-state index contributed by atoms with van der Waals surface area (Å²) in [6, 6.07) is 8.13. The van der Waals surface area contributed by atoms with Gasteiger partial charge in [0.15, 0.2) is 5.69 Å². The molecule has 0 aliphatic carbocycles. The first-order chi connectivity index (χ1) is 11.8. The summed E-state index contributed by atoms with van der Waals surface area (Å²) in [6.45, 7) is 2.51. The third kappa shape index (κ3) is 4.17. The van der Waals surface area contributed by atoms with Crippen LogP contribution >= 0.6 is 0 Å². The number of halogens is 3. The molecule has 1 aromatic carbocycles. The maximum absolute atomic E-state index is 13.3. The predicted molar refractivity (Wildman–Crippen MR) is 82.3 cm³/mol. The molecule has 9 heteroatoms. The van der Waals surface area contributed by atoms with Crippen LogP contribution in [0.1, 0.15) is 28.7 Å². The van der Waals surface area contributed by atoms with E-state index in [0.717, 1.165) is 4.68 Å². The number of carbonyl (C=O) groups excluding carboxylic acids is 2. The minimum absolute atomic E-state index is 0.0138. The summed E-state index contributed by atoms with van der Waals surface area (Å²) in [5.41, 5.74) is -1.54. The van der Waals surface area contributed by atoms with E-state index in [4.69, 9.17) is 0 Å². The van der Waals surface area contributed by atoms with Crippen molar-refractivity contribution in [1.82, 2.24) is 15.1 Å². The topological polar surface area (TPSA) is 73.2 Å². The Bertz CT molecular complexity index is 770. The Morgan fingerprint density at radius 2 is 1.88 bits per heavy atom. The van der Waals surface area contributed by atoms with Gasteiger partial charge in [0.25, 0.3) is 5.91 Å². The number of nitrogens with zero attached hydrogens (tertiary/aromatic N) is 2. The van der Waals surface area contributed by atoms with Gasteiger partial charge in [0, 0.05) is 0 Å². The number of nitrogens with one attached hydrogen (secondary N) is 1. The highest BCUT2D eigenvalue weighted by Gasteiger charge is 2.41. The lowest BCUT2D eigenvalue weighted by Crippen LogP contribution is -2.32. The third-order valence-electron chi connectivity index (χ3n) is 3.31. The quantitative estimate of drug-likeness (QED) is 0.837. The molecule has 1 aromatic heterocycles. The summed E-state index contributed by atoms with van der Waals surface area (Å²) >= 11 is 0. The molecule has 25 heavy (non-hydrogen) atoms. The molecule has 134 valence electrons. The molecule has 0 radical (unpaired) electrons. The molecular formula is C16H16F3N3O3. The Kier molecular flexibility index (Phi) is 5.45. The first kappa shape index (κ1) is 18.5. The summed E-state index contributed by atoms with van der Waals surface area (Å²) in [7, 11) is 0. The van der Waals surface area contributed by atoms with E-state index in [1.165, 1.54) is 6.92 Å². The van der Waals surface area contributed by atoms with E-state index in [9.17, 15) is 22.8 Å². The number of aromatic nitrogens is 2. The van der Waals surface area contributed by atoms with Gasteiger partial charge >= 0.3 is 12.1 Å². The van der Waals surface area contributed by atoms with Crippen molar-refractivity contribution < 1.29 is 27.5 Å². The van der Waals surface area contributed by atoms with Crippen molar-refractivity contribution in [2.24, 2.45) is 0 Å². The average Bonchev–Trinajstić information content (AvgIpc) is 2.91. The van der Waals surface area contributed by atoms with Crippen LogP contribution < -0.4 is 5.32 Å². The van der Waals surface area contributed by atoms with Crippen LogP contribution in [0.25, 0.3) is 5.69 Å². The number of esters is 1. The highest BCUT2D eigenvalue weighted by atomic mass is 19.4. The molecule has 1 heterocycles. The number of carbonyl (C=O) groups is 2. The van der Waals surface area contributed by atoms with Crippen LogP contribution in [0.15, 0.2) is 30.3 Å². The molecule has 0 fully saturated rings. The normalized spacial score (nSPS) is 11.2. The molecule has 1 N–H and O–H groups in total. The third-order valence-corrected chi connectivity index (χ3v) is 3.31. The molecule has 6 nitrogen and oxygen atoms in total. The van der Waals surface area contributed by atoms with E-state index in [0.29, 0.717) is 5.69 Å². The lowest BCUT2D eigenvalue weighted by Gasteiger charge is -2.08. The van der Waals surface area contributed by atoms with Crippen LogP contribution in [0, 0.1) is 6.92 Å². The number of benzene rings is 1. The molecule has 0 unspecified atom stereocenters. The molecule has 0 saturated carbocycles. The Morgan fingerprint density at radius 3 is 2.44 bits per heavy atom. The molecule has 1 amide bonds. The Morgan fingerprint density at radius 1 is 1.24 bits per heavy atom. The van der Waals surface area contributed by atoms with Gasteiger partial charge in [0.2, 0.25) is 0 Å². The zero-order valence-electron chi connectivity index (χ0n) is 13.6. The van der Waals surface area contributed by atoms with Crippen LogP contribution in [0.3, 0.4) is 0 Å². The summed E-state index contributed by atoms with van der Waals surface area (Å²) < 4.78 is 45.5. The number of ether oxygens (including phenoxy) is 1. The van der Waals surface area contributed by atoms with E-state index < -0.39 is 35.9 Å². The van der Waals surface area contributed by atoms with Gasteiger partial charge in [-0.1, -0.05) is 18.2 Å². The second-order valence-corrected chi connectivity index (χ2v) is 5.04. The molecule has 0 spiro atoms. The molecule has 0 aliphatic rings. The highest BCUT2D eigenvalue weighted by molar-refractivity contribution is 5.98. The first-order valence-corrected chi connectivity index (χ1v) is 7.41. The molecule has 2 aromatic rings. The van der Waals surface area contributed by atoms with Crippen molar-refractivity contribution >= 4 is 11.9 Å². The van der Waals surface area contributed by atoms with Crippen molar-refractivity contribution in [3.8, 4) is 5.69 Å². The van der Waals surface area contributed by atoms with Gasteiger partial charge in [-0.25, -0.2) is 4.68 Å². The maximum atomic E-state index is 13.3. The van der Waals surface area contributed by atoms with E-state index in [1.54, 1.807) is 37.3 Å². The monoisotopic (exact) mass is 355 g/mol. The zero-order valence-corrected chi connectivity index (χ0v) is 13.6. The summed E-state index contributed by atoms with van der Waals surface area (Å²) in [4.78, 5) is 23.5. The van der Waals surface area contributed by atoms with E-state index >= 15 is 0 Å². The minimum atomic E-state index is -4.82. The standard InChI is InChI=1S/C16H16F3N3O3/c1-3-25-12(23)9-20-15(24)13-10(2)22(11-7-5-4-6-8-11)21-14(13)16(17,18)19/h4-8H,3,9H2,1-2H3,(H,20,24). The summed E-state index contributed by atoms with van der Waals surface area (Å²) in [5, 5.41) is 5.69. The molecule has 0 saturated heterocycles. The Hall–Kier alpha value is -2.84. The van der Waals surface area contributed by atoms with E-state index in [-0.39, 0.29) is 12.3 Å². The van der Waals surface area contributed by atoms with Crippen molar-refractivity contribution in [3.05, 3.63) is 47.3 Å². The van der Waals surface area contributed by atoms with Crippen LogP contribution in [0.2, 0.25) is 0 Å². The maximum Gasteiger partial charge on any atom is 0.435 e. The first-order valence-electron chi connectivity index (χ1n) is 7.41. The second kappa shape index (κ2) is 7.37. The van der Waals surface area contributed by atoms with Gasteiger partial charge in [0.1, 0.15) is 6.54 Å². The van der Waals surface area contributed by atoms with Crippen LogP contribution in [0.5, 0.6) is 0 Å². The predicted octanol–water partition coefficient (Wildman–Crippen LogP) is 2.49. The zero-order chi connectivity index (χ0) is 18.6. The largest absolute Gasteiger partial charge is 0.465 e. The number of para-hydroxylation sites is 1. The number of hydrogen-bond acceptors (Lipinski definition) is 4. The van der Waals surface area contributed by atoms with Crippen molar-refractivity contribution in [3.63, 3.8) is 0 Å². The van der Waals surface area contributed by atoms with Gasteiger partial charge in [-0.2, -0.15) is 18.3 Å². The Labute approximate surface area is 141 Å². The van der Waals surface area contributed by atoms with Crippen LogP contribution in [-0.4, -0.2) is 34.8 Å². The molecule has 0 atom stereocenters. The molecule has 2 rings (SSSR count). The smallest absolute Gasteiger partial charge is 0.435 e. The fourth-order valence-electron chi connectivity index (χ4n) is 2.25. The van der Waals surface area contributed by atoms with E-state index in [2.05, 4.69) is 15.2 Å². The Balaban J connectivity index is 2.40. The van der Waals surface area contributed by atoms with Crippen molar-refractivity contribution in [2.45, 2.75) is 20.0 Å². The summed E-state index contributed by atoms with van der Waals surface area (Å²) in [5.74, 6) is -1.78. The second-order valence-electron chi connectivity index (χ2n) is 5.04. The van der Waals surface area contributed by atoms with Gasteiger partial charge < -0.3 is 10.1 Å². The van der Waals surface area contributed by atoms with Gasteiger partial charge in [-0.15, -0.1) is 0 Å². The highest BCUT2D eigenvalue weighted by Crippen LogP contribution is 2.33. The van der Waals surface area contributed by atoms with Gasteiger partial charge in [-0.3, -0.25) is 9.59 Å². The van der Waals surface area contributed by atoms with Crippen LogP contribution in [0.4, 0.5) is 13.2 Å². The lowest BCUT2D eigenvalue weighted by molar-refractivity contribution is -0.142. The van der Waals surface area contributed by atoms with Crippen molar-refractivity contribution in [1.29, 1.82) is 0 Å². The minimum Gasteiger partial charge on any atom is -0.465 e. The van der Waals surface area contributed by atoms with Crippen molar-refractivity contribution in [2.75, 3.05) is 13.2 Å². The van der Waals surface area contributed by atoms with Gasteiger partial charge in [-0.05, 0) is 26.0 Å². The SMILES string of the molecule is CCOC(=O)CNC(=O)c1c(C(F)(F)F)nn(-c2ccccc2)c1C. The fourth-order valence-corrected chi connectivity index (χ4v) is 2.25. The van der Waals surface area contributed by atoms with Crippen LogP contribution in [-0.2, 0) is 15.7 Å². The molecular weight excluding hydrogens is 339 g/mol. The average molecular weight is 355 g/mol. The van der Waals surface area contributed by atoms with E-state index in [1.807, 2.05) is 0 Å². The van der Waals surface area contributed by atoms with Gasteiger partial charge in [0.05, 0.1) is 23.6 Å². The number of rotatable bonds is 5. The number of hydrogen-bond donors (Lipinski definition) is 1. The molecule has 0 bridgehead atoms. The number of amides is 1. The fraction of sp³-hybridized carbons (Fsp3) is 0.312. The molecule has 0 aliphatic heterocycles. The number of alkyl halides is 3. The lowest BCUT2D eigenvalue weighted by atomic mass is 10.1.